The van der Waals surface area contributed by atoms with Crippen LogP contribution in [0.5, 0.6) is 0 Å². The minimum atomic E-state index is -3.63. The van der Waals surface area contributed by atoms with Crippen molar-refractivity contribution in [2.24, 2.45) is 0 Å². The second-order valence-electron chi connectivity index (χ2n) is 6.89. The van der Waals surface area contributed by atoms with E-state index in [4.69, 9.17) is 4.74 Å². The molecule has 7 nitrogen and oxygen atoms in total. The highest BCUT2D eigenvalue weighted by atomic mass is 32.2. The summed E-state index contributed by atoms with van der Waals surface area (Å²) in [6.07, 6.45) is 3.25. The molecule has 150 valence electrons. The predicted octanol–water partition coefficient (Wildman–Crippen LogP) is 2.99. The first kappa shape index (κ1) is 19.4. The fourth-order valence-electron chi connectivity index (χ4n) is 3.46. The zero-order valence-electron chi connectivity index (χ0n) is 15.6. The lowest BCUT2D eigenvalue weighted by Crippen LogP contribution is -2.28. The third-order valence-electron chi connectivity index (χ3n) is 5.00. The van der Waals surface area contributed by atoms with Crippen molar-refractivity contribution in [2.75, 3.05) is 19.7 Å². The lowest BCUT2D eigenvalue weighted by atomic mass is 10.1. The summed E-state index contributed by atoms with van der Waals surface area (Å²) in [4.78, 5) is 27.9. The second kappa shape index (κ2) is 7.81. The van der Waals surface area contributed by atoms with Crippen molar-refractivity contribution in [3.8, 4) is 0 Å². The molecule has 29 heavy (non-hydrogen) atoms. The molecule has 0 atom stereocenters. The van der Waals surface area contributed by atoms with Crippen LogP contribution < -0.4 is 0 Å². The lowest BCUT2D eigenvalue weighted by molar-refractivity contribution is 0.0475. The molecule has 2 aromatic carbocycles. The van der Waals surface area contributed by atoms with Crippen LogP contribution in [0.4, 0.5) is 0 Å². The first-order valence-electron chi connectivity index (χ1n) is 9.33. The van der Waals surface area contributed by atoms with E-state index >= 15 is 0 Å². The third-order valence-corrected chi connectivity index (χ3v) is 6.89. The Kier molecular flexibility index (Phi) is 5.21. The van der Waals surface area contributed by atoms with Crippen LogP contribution in [-0.4, -0.2) is 49.2 Å². The first-order chi connectivity index (χ1) is 14.0. The van der Waals surface area contributed by atoms with Gasteiger partial charge in [0.2, 0.25) is 15.8 Å². The first-order valence-corrected chi connectivity index (χ1v) is 10.8. The number of para-hydroxylation sites is 1. The van der Waals surface area contributed by atoms with Crippen molar-refractivity contribution >= 4 is 32.7 Å². The Balaban J connectivity index is 1.47. The standard InChI is InChI=1S/C21H20N2O5S/c24-20(18-13-22-19-9-2-1-8-17(18)19)14-28-21(25)15-6-5-7-16(12-15)29(26,27)23-10-3-4-11-23/h1-2,5-9,12-13,22H,3-4,10-11,14H2. The number of fused-ring (bicyclic) bond motifs is 1. The van der Waals surface area contributed by atoms with Crippen LogP contribution in [0.3, 0.4) is 0 Å². The maximum atomic E-state index is 12.7. The number of sulfonamides is 1. The number of hydrogen-bond acceptors (Lipinski definition) is 5. The lowest BCUT2D eigenvalue weighted by Gasteiger charge is -2.15. The molecule has 1 aromatic heterocycles. The molecule has 1 aliphatic rings. The van der Waals surface area contributed by atoms with Crippen LogP contribution in [0.1, 0.15) is 33.6 Å². The van der Waals surface area contributed by atoms with E-state index in [1.807, 2.05) is 24.3 Å². The minimum absolute atomic E-state index is 0.0526. The Hall–Kier alpha value is -2.97. The van der Waals surface area contributed by atoms with E-state index in [2.05, 4.69) is 4.98 Å². The SMILES string of the molecule is O=C(OCC(=O)c1c[nH]c2ccccc12)c1cccc(S(=O)(=O)N2CCCC2)c1. The Labute approximate surface area is 168 Å². The summed E-state index contributed by atoms with van der Waals surface area (Å²) in [5.41, 5.74) is 1.36. The average Bonchev–Trinajstić information content (AvgIpc) is 3.42. The van der Waals surface area contributed by atoms with E-state index < -0.39 is 22.6 Å². The van der Waals surface area contributed by atoms with E-state index in [1.54, 1.807) is 6.20 Å². The molecule has 0 bridgehead atoms. The van der Waals surface area contributed by atoms with Gasteiger partial charge in [-0.2, -0.15) is 4.31 Å². The molecule has 4 rings (SSSR count). The molecule has 0 radical (unpaired) electrons. The van der Waals surface area contributed by atoms with Crippen LogP contribution in [-0.2, 0) is 14.8 Å². The van der Waals surface area contributed by atoms with E-state index in [9.17, 15) is 18.0 Å². The summed E-state index contributed by atoms with van der Waals surface area (Å²) < 4.78 is 31.9. The molecule has 0 spiro atoms. The van der Waals surface area contributed by atoms with Gasteiger partial charge >= 0.3 is 5.97 Å². The van der Waals surface area contributed by atoms with E-state index in [0.717, 1.165) is 23.7 Å². The molecule has 0 saturated carbocycles. The van der Waals surface area contributed by atoms with Gasteiger partial charge in [0.25, 0.3) is 0 Å². The molecule has 1 saturated heterocycles. The van der Waals surface area contributed by atoms with Crippen molar-refractivity contribution in [3.05, 3.63) is 65.9 Å². The molecule has 1 aliphatic heterocycles. The highest BCUT2D eigenvalue weighted by molar-refractivity contribution is 7.89. The molecule has 1 N–H and O–H groups in total. The number of rotatable bonds is 6. The Bertz CT molecular complexity index is 1180. The van der Waals surface area contributed by atoms with Gasteiger partial charge in [-0.05, 0) is 37.1 Å². The van der Waals surface area contributed by atoms with Crippen LogP contribution in [0.15, 0.2) is 59.6 Å². The van der Waals surface area contributed by atoms with Crippen molar-refractivity contribution in [1.29, 1.82) is 0 Å². The highest BCUT2D eigenvalue weighted by Gasteiger charge is 2.27. The fraction of sp³-hybridized carbons (Fsp3) is 0.238. The third kappa shape index (κ3) is 3.81. The number of nitrogens with one attached hydrogen (secondary N) is 1. The van der Waals surface area contributed by atoms with Crippen molar-refractivity contribution in [2.45, 2.75) is 17.7 Å². The molecule has 0 aliphatic carbocycles. The monoisotopic (exact) mass is 412 g/mol. The number of aromatic nitrogens is 1. The normalized spacial score (nSPS) is 14.9. The van der Waals surface area contributed by atoms with Gasteiger partial charge in [-0.3, -0.25) is 4.79 Å². The summed E-state index contributed by atoms with van der Waals surface area (Å²) in [5.74, 6) is -1.08. The number of carbonyl (C=O) groups excluding carboxylic acids is 2. The van der Waals surface area contributed by atoms with Gasteiger partial charge in [0, 0.05) is 35.8 Å². The van der Waals surface area contributed by atoms with Gasteiger partial charge in [-0.15, -0.1) is 0 Å². The molecule has 2 heterocycles. The summed E-state index contributed by atoms with van der Waals surface area (Å²) in [5, 5.41) is 0.757. The molecule has 0 unspecified atom stereocenters. The molecule has 1 fully saturated rings. The number of nitrogens with zero attached hydrogens (tertiary/aromatic N) is 1. The van der Waals surface area contributed by atoms with Gasteiger partial charge in [-0.1, -0.05) is 24.3 Å². The summed E-state index contributed by atoms with van der Waals surface area (Å²) in [6.45, 7) is 0.538. The Morgan fingerprint density at radius 1 is 1.03 bits per heavy atom. The number of H-pyrrole nitrogens is 1. The van der Waals surface area contributed by atoms with Crippen LogP contribution >= 0.6 is 0 Å². The zero-order valence-corrected chi connectivity index (χ0v) is 16.4. The number of ketones is 1. The van der Waals surface area contributed by atoms with E-state index in [-0.39, 0.29) is 16.2 Å². The van der Waals surface area contributed by atoms with E-state index in [0.29, 0.717) is 18.7 Å². The van der Waals surface area contributed by atoms with Crippen LogP contribution in [0.25, 0.3) is 10.9 Å². The molecule has 3 aromatic rings. The number of aromatic amines is 1. The summed E-state index contributed by atoms with van der Waals surface area (Å²) in [6, 6.07) is 13.1. The fourth-order valence-corrected chi connectivity index (χ4v) is 5.02. The maximum absolute atomic E-state index is 12.7. The minimum Gasteiger partial charge on any atom is -0.454 e. The largest absolute Gasteiger partial charge is 0.454 e. The van der Waals surface area contributed by atoms with Crippen LogP contribution in [0, 0.1) is 0 Å². The summed E-state index contributed by atoms with van der Waals surface area (Å²) >= 11 is 0. The molecular weight excluding hydrogens is 392 g/mol. The number of carbonyl (C=O) groups is 2. The summed E-state index contributed by atoms with van der Waals surface area (Å²) in [7, 11) is -3.63. The van der Waals surface area contributed by atoms with Crippen LogP contribution in [0.2, 0.25) is 0 Å². The number of hydrogen-bond donors (Lipinski definition) is 1. The Morgan fingerprint density at radius 3 is 2.59 bits per heavy atom. The molecular formula is C21H20N2O5S. The average molecular weight is 412 g/mol. The predicted molar refractivity (Wildman–Crippen MR) is 107 cm³/mol. The van der Waals surface area contributed by atoms with Gasteiger partial charge in [0.05, 0.1) is 10.5 Å². The topological polar surface area (TPSA) is 96.5 Å². The Morgan fingerprint density at radius 2 is 1.79 bits per heavy atom. The number of benzene rings is 2. The zero-order chi connectivity index (χ0) is 20.4. The van der Waals surface area contributed by atoms with Gasteiger partial charge in [0.15, 0.2) is 6.61 Å². The van der Waals surface area contributed by atoms with Gasteiger partial charge in [0.1, 0.15) is 0 Å². The van der Waals surface area contributed by atoms with Crippen molar-refractivity contribution in [1.82, 2.24) is 9.29 Å². The second-order valence-corrected chi connectivity index (χ2v) is 8.82. The number of Topliss-reactive ketones (excluding diaryl/α,β-unsaturated/α-hetero) is 1. The smallest absolute Gasteiger partial charge is 0.338 e. The van der Waals surface area contributed by atoms with Gasteiger partial charge < -0.3 is 9.72 Å². The quantitative estimate of drug-likeness (QED) is 0.496. The van der Waals surface area contributed by atoms with E-state index in [1.165, 1.54) is 28.6 Å². The molecule has 8 heteroatoms. The highest BCUT2D eigenvalue weighted by Crippen LogP contribution is 2.22. The van der Waals surface area contributed by atoms with Crippen molar-refractivity contribution in [3.63, 3.8) is 0 Å². The maximum Gasteiger partial charge on any atom is 0.338 e. The van der Waals surface area contributed by atoms with Crippen molar-refractivity contribution < 1.29 is 22.7 Å². The number of ether oxygens (including phenoxy) is 1. The molecule has 0 amide bonds. The number of esters is 1. The van der Waals surface area contributed by atoms with Gasteiger partial charge in [-0.25, -0.2) is 13.2 Å².